The van der Waals surface area contributed by atoms with Crippen molar-refractivity contribution < 1.29 is 31.9 Å². The molecule has 1 amide bonds. The number of carbonyl (C=O) groups excluding carboxylic acids is 2. The molecule has 4 heterocycles. The van der Waals surface area contributed by atoms with Gasteiger partial charge in [0.15, 0.2) is 0 Å². The minimum atomic E-state index is -2.79. The Bertz CT molecular complexity index is 1730. The molecular formula is C29H21F4N5O3. The Balaban J connectivity index is 1.59. The van der Waals surface area contributed by atoms with E-state index in [1.165, 1.54) is 37.7 Å². The van der Waals surface area contributed by atoms with Crippen LogP contribution in [0.15, 0.2) is 73.1 Å². The van der Waals surface area contributed by atoms with Gasteiger partial charge in [0.25, 0.3) is 0 Å². The lowest BCUT2D eigenvalue weighted by atomic mass is 9.95. The maximum atomic E-state index is 14.6. The summed E-state index contributed by atoms with van der Waals surface area (Å²) in [6.45, 7) is 0. The van der Waals surface area contributed by atoms with Crippen LogP contribution in [0.25, 0.3) is 33.5 Å². The fourth-order valence-corrected chi connectivity index (χ4v) is 4.51. The predicted octanol–water partition coefficient (Wildman–Crippen LogP) is 6.13. The third-order valence-corrected chi connectivity index (χ3v) is 6.35. The summed E-state index contributed by atoms with van der Waals surface area (Å²) >= 11 is 0. The first kappa shape index (κ1) is 27.4. The number of rotatable bonds is 8. The van der Waals surface area contributed by atoms with Gasteiger partial charge in [-0.1, -0.05) is 18.2 Å². The van der Waals surface area contributed by atoms with Crippen LogP contribution in [0.4, 0.5) is 23.4 Å². The number of carbonyl (C=O) groups is 2. The molecule has 0 unspecified atom stereocenters. The van der Waals surface area contributed by atoms with Gasteiger partial charge in [0, 0.05) is 30.4 Å². The molecule has 0 aliphatic heterocycles. The standard InChI is InChI=1S/C29H21F4N5O3/c1-41-29(40)19-14-22(33)36-27-24(20-4-2-3-10-34-20)25(38-26(19)27)16-9-11-35-23(12-16)37-28(39)18(13-21(31)32)15-5-7-17(30)8-6-15/h2-12,14,18,21,38H,13H2,1H3,(H,35,37,39)/t18-/m1/s1. The number of alkyl halides is 2. The largest absolute Gasteiger partial charge is 0.465 e. The van der Waals surface area contributed by atoms with Crippen LogP contribution in [0.1, 0.15) is 28.3 Å². The van der Waals surface area contributed by atoms with E-state index in [0.717, 1.165) is 18.2 Å². The van der Waals surface area contributed by atoms with E-state index >= 15 is 0 Å². The van der Waals surface area contributed by atoms with Crippen molar-refractivity contribution in [3.63, 3.8) is 0 Å². The van der Waals surface area contributed by atoms with Crippen molar-refractivity contribution >= 4 is 28.7 Å². The molecule has 0 aliphatic rings. The fourth-order valence-electron chi connectivity index (χ4n) is 4.51. The number of anilines is 1. The Hall–Kier alpha value is -5.13. The molecule has 0 bridgehead atoms. The number of esters is 1. The van der Waals surface area contributed by atoms with Crippen LogP contribution in [-0.2, 0) is 9.53 Å². The molecular weight excluding hydrogens is 542 g/mol. The second-order valence-corrected chi connectivity index (χ2v) is 8.95. The average Bonchev–Trinajstić information content (AvgIpc) is 3.35. The van der Waals surface area contributed by atoms with Crippen LogP contribution >= 0.6 is 0 Å². The Labute approximate surface area is 230 Å². The van der Waals surface area contributed by atoms with E-state index in [9.17, 15) is 27.2 Å². The zero-order chi connectivity index (χ0) is 29.1. The first-order valence-electron chi connectivity index (χ1n) is 12.3. The zero-order valence-corrected chi connectivity index (χ0v) is 21.4. The average molecular weight is 564 g/mol. The van der Waals surface area contributed by atoms with E-state index in [1.807, 2.05) is 0 Å². The highest BCUT2D eigenvalue weighted by Crippen LogP contribution is 2.38. The van der Waals surface area contributed by atoms with Gasteiger partial charge in [-0.2, -0.15) is 4.39 Å². The lowest BCUT2D eigenvalue weighted by molar-refractivity contribution is -0.118. The number of ether oxygens (including phenoxy) is 1. The van der Waals surface area contributed by atoms with Crippen molar-refractivity contribution in [1.29, 1.82) is 0 Å². The van der Waals surface area contributed by atoms with Gasteiger partial charge in [0.2, 0.25) is 18.3 Å². The fraction of sp³-hybridized carbons (Fsp3) is 0.138. The van der Waals surface area contributed by atoms with E-state index in [4.69, 9.17) is 4.74 Å². The molecule has 12 heteroatoms. The number of aromatic nitrogens is 4. The number of hydrogen-bond acceptors (Lipinski definition) is 6. The first-order chi connectivity index (χ1) is 19.7. The molecule has 41 heavy (non-hydrogen) atoms. The van der Waals surface area contributed by atoms with Gasteiger partial charge in [-0.05, 0) is 42.0 Å². The Morgan fingerprint density at radius 1 is 1.00 bits per heavy atom. The summed E-state index contributed by atoms with van der Waals surface area (Å²) in [6, 6.07) is 13.9. The Kier molecular flexibility index (Phi) is 7.72. The molecule has 0 fully saturated rings. The number of benzene rings is 1. The number of amides is 1. The molecule has 0 radical (unpaired) electrons. The Morgan fingerprint density at radius 2 is 1.78 bits per heavy atom. The summed E-state index contributed by atoms with van der Waals surface area (Å²) in [5.74, 6) is -4.26. The van der Waals surface area contributed by atoms with Crippen LogP contribution in [0.5, 0.6) is 0 Å². The molecule has 1 aromatic carbocycles. The van der Waals surface area contributed by atoms with Gasteiger partial charge in [0.1, 0.15) is 17.2 Å². The van der Waals surface area contributed by atoms with Crippen molar-refractivity contribution in [1.82, 2.24) is 19.9 Å². The second-order valence-electron chi connectivity index (χ2n) is 8.95. The van der Waals surface area contributed by atoms with Crippen LogP contribution in [-0.4, -0.2) is 45.3 Å². The third-order valence-electron chi connectivity index (χ3n) is 6.35. The zero-order valence-electron chi connectivity index (χ0n) is 21.4. The molecule has 5 rings (SSSR count). The Morgan fingerprint density at radius 3 is 2.46 bits per heavy atom. The van der Waals surface area contributed by atoms with E-state index in [1.54, 1.807) is 24.3 Å². The van der Waals surface area contributed by atoms with Crippen LogP contribution in [0.2, 0.25) is 0 Å². The summed E-state index contributed by atoms with van der Waals surface area (Å²) in [4.78, 5) is 41.2. The number of nitrogens with zero attached hydrogens (tertiary/aromatic N) is 3. The summed E-state index contributed by atoms with van der Waals surface area (Å²) in [7, 11) is 1.17. The predicted molar refractivity (Wildman–Crippen MR) is 142 cm³/mol. The van der Waals surface area contributed by atoms with Crippen LogP contribution < -0.4 is 5.32 Å². The second kappa shape index (κ2) is 11.5. The molecule has 0 spiro atoms. The summed E-state index contributed by atoms with van der Waals surface area (Å²) in [5.41, 5.74) is 2.06. The molecule has 0 aliphatic carbocycles. The van der Waals surface area contributed by atoms with Crippen molar-refractivity contribution in [3.05, 3.63) is 95.9 Å². The molecule has 208 valence electrons. The lowest BCUT2D eigenvalue weighted by Gasteiger charge is -2.17. The molecule has 5 aromatic rings. The number of hydrogen-bond donors (Lipinski definition) is 2. The van der Waals surface area contributed by atoms with Gasteiger partial charge in [-0.15, -0.1) is 0 Å². The number of nitrogens with one attached hydrogen (secondary N) is 2. The monoisotopic (exact) mass is 563 g/mol. The van der Waals surface area contributed by atoms with E-state index in [-0.39, 0.29) is 28.0 Å². The topological polar surface area (TPSA) is 110 Å². The van der Waals surface area contributed by atoms with E-state index < -0.39 is 42.4 Å². The number of H-pyrrole nitrogens is 1. The number of fused-ring (bicyclic) bond motifs is 1. The van der Waals surface area contributed by atoms with Gasteiger partial charge >= 0.3 is 5.97 Å². The van der Waals surface area contributed by atoms with Crippen molar-refractivity contribution in [2.45, 2.75) is 18.8 Å². The number of halogens is 4. The highest BCUT2D eigenvalue weighted by atomic mass is 19.3. The quantitative estimate of drug-likeness (QED) is 0.134. The van der Waals surface area contributed by atoms with Gasteiger partial charge < -0.3 is 15.0 Å². The smallest absolute Gasteiger partial charge is 0.340 e. The van der Waals surface area contributed by atoms with Gasteiger partial charge in [-0.3, -0.25) is 9.78 Å². The lowest BCUT2D eigenvalue weighted by Crippen LogP contribution is -2.23. The van der Waals surface area contributed by atoms with Crippen molar-refractivity contribution in [2.75, 3.05) is 12.4 Å². The molecule has 8 nitrogen and oxygen atoms in total. The first-order valence-corrected chi connectivity index (χ1v) is 12.3. The maximum absolute atomic E-state index is 14.6. The number of pyridine rings is 3. The number of aromatic amines is 1. The minimum Gasteiger partial charge on any atom is -0.465 e. The van der Waals surface area contributed by atoms with Gasteiger partial charge in [0.05, 0.1) is 41.1 Å². The number of methoxy groups -OCH3 is 1. The van der Waals surface area contributed by atoms with Crippen LogP contribution in [0, 0.1) is 11.8 Å². The molecule has 0 saturated heterocycles. The molecule has 2 N–H and O–H groups in total. The maximum Gasteiger partial charge on any atom is 0.340 e. The highest BCUT2D eigenvalue weighted by molar-refractivity contribution is 6.09. The van der Waals surface area contributed by atoms with Gasteiger partial charge in [-0.25, -0.2) is 27.9 Å². The van der Waals surface area contributed by atoms with E-state index in [2.05, 4.69) is 25.3 Å². The minimum absolute atomic E-state index is 0.0341. The molecule has 4 aromatic heterocycles. The molecule has 0 saturated carbocycles. The normalized spacial score (nSPS) is 12.0. The van der Waals surface area contributed by atoms with Crippen molar-refractivity contribution in [2.24, 2.45) is 0 Å². The summed E-state index contributed by atoms with van der Waals surface area (Å²) in [5, 5.41) is 2.56. The third kappa shape index (κ3) is 5.76. The van der Waals surface area contributed by atoms with Crippen LogP contribution in [0.3, 0.4) is 0 Å². The van der Waals surface area contributed by atoms with Crippen molar-refractivity contribution in [3.8, 4) is 22.5 Å². The summed E-state index contributed by atoms with van der Waals surface area (Å²) in [6.07, 6.45) is -0.654. The molecule has 1 atom stereocenters. The summed E-state index contributed by atoms with van der Waals surface area (Å²) < 4.78 is 59.4. The van der Waals surface area contributed by atoms with E-state index in [0.29, 0.717) is 22.5 Å². The SMILES string of the molecule is COC(=O)c1cc(F)nc2c(-c3ccccn3)c(-c3ccnc(NC(=O)[C@H](CC(F)F)c4ccc(F)cc4)c3)[nH]c12. The highest BCUT2D eigenvalue weighted by Gasteiger charge is 2.27.